The van der Waals surface area contributed by atoms with Gasteiger partial charge in [0.2, 0.25) is 0 Å². The van der Waals surface area contributed by atoms with Gasteiger partial charge in [-0.1, -0.05) is 19.3 Å². The third-order valence-corrected chi connectivity index (χ3v) is 5.21. The van der Waals surface area contributed by atoms with Crippen LogP contribution < -0.4 is 0 Å². The van der Waals surface area contributed by atoms with Crippen molar-refractivity contribution in [1.82, 2.24) is 0 Å². The largest absolute Gasteiger partial charge is 0.390 e. The zero-order valence-electron chi connectivity index (χ0n) is 9.81. The van der Waals surface area contributed by atoms with Crippen molar-refractivity contribution in [2.75, 3.05) is 0 Å². The molecule has 0 saturated heterocycles. The van der Waals surface area contributed by atoms with E-state index in [2.05, 4.69) is 15.9 Å². The first kappa shape index (κ1) is 13.5. The molecular weight excluding hydrogens is 300 g/mol. The van der Waals surface area contributed by atoms with E-state index in [1.807, 2.05) is 12.1 Å². The van der Waals surface area contributed by atoms with Crippen LogP contribution in [0.25, 0.3) is 0 Å². The smallest absolute Gasteiger partial charge is 0.0849 e. The Bertz CT molecular complexity index is 347. The molecule has 1 aromatic rings. The van der Waals surface area contributed by atoms with Crippen LogP contribution in [-0.2, 0) is 6.42 Å². The summed E-state index contributed by atoms with van der Waals surface area (Å²) in [6, 6.07) is 3.99. The summed E-state index contributed by atoms with van der Waals surface area (Å²) in [5, 5.41) is 20.2. The number of thiophene rings is 1. The Morgan fingerprint density at radius 2 is 1.94 bits per heavy atom. The normalized spacial score (nSPS) is 21.4. The van der Waals surface area contributed by atoms with Gasteiger partial charge in [-0.3, -0.25) is 0 Å². The van der Waals surface area contributed by atoms with Crippen molar-refractivity contribution in [3.05, 3.63) is 20.8 Å². The first-order chi connectivity index (χ1) is 8.16. The van der Waals surface area contributed by atoms with Crippen molar-refractivity contribution in [2.45, 2.75) is 50.7 Å². The van der Waals surface area contributed by atoms with Crippen molar-refractivity contribution in [3.63, 3.8) is 0 Å². The Morgan fingerprint density at radius 1 is 1.24 bits per heavy atom. The van der Waals surface area contributed by atoms with Gasteiger partial charge in [-0.25, -0.2) is 0 Å². The van der Waals surface area contributed by atoms with Crippen molar-refractivity contribution >= 4 is 27.3 Å². The third-order valence-electron chi connectivity index (χ3n) is 3.57. The second kappa shape index (κ2) is 6.32. The van der Waals surface area contributed by atoms with Gasteiger partial charge < -0.3 is 10.2 Å². The van der Waals surface area contributed by atoms with Crippen molar-refractivity contribution in [2.24, 2.45) is 5.92 Å². The van der Waals surface area contributed by atoms with Crippen LogP contribution in [-0.4, -0.2) is 22.4 Å². The maximum atomic E-state index is 10.2. The first-order valence-corrected chi connectivity index (χ1v) is 7.88. The molecule has 1 aliphatic carbocycles. The van der Waals surface area contributed by atoms with Crippen LogP contribution in [0.2, 0.25) is 0 Å². The molecule has 4 heteroatoms. The minimum atomic E-state index is -0.622. The highest BCUT2D eigenvalue weighted by Gasteiger charge is 2.27. The number of aliphatic hydroxyl groups is 2. The van der Waals surface area contributed by atoms with Crippen LogP contribution in [0.4, 0.5) is 0 Å². The summed E-state index contributed by atoms with van der Waals surface area (Å²) < 4.78 is 1.08. The lowest BCUT2D eigenvalue weighted by Crippen LogP contribution is -2.35. The summed E-state index contributed by atoms with van der Waals surface area (Å²) in [6.45, 7) is 0. The minimum Gasteiger partial charge on any atom is -0.390 e. The molecule has 96 valence electrons. The monoisotopic (exact) mass is 318 g/mol. The molecule has 1 aromatic heterocycles. The number of hydrogen-bond acceptors (Lipinski definition) is 3. The lowest BCUT2D eigenvalue weighted by atomic mass is 9.83. The fourth-order valence-electron chi connectivity index (χ4n) is 2.58. The molecule has 0 spiro atoms. The highest BCUT2D eigenvalue weighted by molar-refractivity contribution is 9.11. The van der Waals surface area contributed by atoms with Gasteiger partial charge in [0.15, 0.2) is 0 Å². The fourth-order valence-corrected chi connectivity index (χ4v) is 4.11. The van der Waals surface area contributed by atoms with E-state index in [1.165, 1.54) is 19.3 Å². The fraction of sp³-hybridized carbons (Fsp3) is 0.692. The molecule has 0 aliphatic heterocycles. The molecule has 17 heavy (non-hydrogen) atoms. The van der Waals surface area contributed by atoms with Crippen molar-refractivity contribution in [3.8, 4) is 0 Å². The van der Waals surface area contributed by atoms with Gasteiger partial charge in [-0.05, 0) is 46.8 Å². The molecule has 1 fully saturated rings. The van der Waals surface area contributed by atoms with Gasteiger partial charge in [-0.2, -0.15) is 0 Å². The Hall–Kier alpha value is 0.1000. The summed E-state index contributed by atoms with van der Waals surface area (Å²) in [5.74, 6) is 0.294. The van der Waals surface area contributed by atoms with Gasteiger partial charge in [0, 0.05) is 11.3 Å². The zero-order valence-corrected chi connectivity index (χ0v) is 12.2. The molecule has 1 saturated carbocycles. The average Bonchev–Trinajstić information content (AvgIpc) is 2.75. The van der Waals surface area contributed by atoms with E-state index in [1.54, 1.807) is 11.3 Å². The quantitative estimate of drug-likeness (QED) is 0.893. The van der Waals surface area contributed by atoms with E-state index in [0.29, 0.717) is 12.3 Å². The summed E-state index contributed by atoms with van der Waals surface area (Å²) in [5.41, 5.74) is 0. The van der Waals surface area contributed by atoms with E-state index in [4.69, 9.17) is 0 Å². The van der Waals surface area contributed by atoms with Crippen LogP contribution in [0.3, 0.4) is 0 Å². The molecular formula is C13H19BrO2S. The summed E-state index contributed by atoms with van der Waals surface area (Å²) >= 11 is 5.04. The van der Waals surface area contributed by atoms with E-state index >= 15 is 0 Å². The maximum absolute atomic E-state index is 10.2. The third kappa shape index (κ3) is 3.78. The first-order valence-electron chi connectivity index (χ1n) is 6.27. The van der Waals surface area contributed by atoms with E-state index < -0.39 is 12.2 Å². The molecule has 2 N–H and O–H groups in total. The highest BCUT2D eigenvalue weighted by Crippen LogP contribution is 2.30. The summed E-state index contributed by atoms with van der Waals surface area (Å²) in [6.07, 6.45) is 5.17. The summed E-state index contributed by atoms with van der Waals surface area (Å²) in [7, 11) is 0. The minimum absolute atomic E-state index is 0.294. The Balaban J connectivity index is 1.87. The Kier molecular flexibility index (Phi) is 5.03. The number of hydrogen-bond donors (Lipinski definition) is 2. The second-order valence-corrected chi connectivity index (χ2v) is 7.41. The van der Waals surface area contributed by atoms with Crippen molar-refractivity contribution < 1.29 is 10.2 Å². The lowest BCUT2D eigenvalue weighted by molar-refractivity contribution is -0.0260. The van der Waals surface area contributed by atoms with Gasteiger partial charge in [-0.15, -0.1) is 11.3 Å². The molecule has 2 nitrogen and oxygen atoms in total. The van der Waals surface area contributed by atoms with E-state index in [0.717, 1.165) is 21.5 Å². The van der Waals surface area contributed by atoms with Gasteiger partial charge in [0.1, 0.15) is 0 Å². The highest BCUT2D eigenvalue weighted by atomic mass is 79.9. The number of aliphatic hydroxyl groups excluding tert-OH is 2. The zero-order chi connectivity index (χ0) is 12.3. The van der Waals surface area contributed by atoms with Crippen molar-refractivity contribution in [1.29, 1.82) is 0 Å². The van der Waals surface area contributed by atoms with Gasteiger partial charge in [0.05, 0.1) is 16.0 Å². The van der Waals surface area contributed by atoms with Gasteiger partial charge >= 0.3 is 0 Å². The molecule has 1 aliphatic rings. The second-order valence-electron chi connectivity index (χ2n) is 4.87. The SMILES string of the molecule is OC(Cc1ccc(Br)s1)C(O)C1CCCCC1. The standard InChI is InChI=1S/C13H19BrO2S/c14-12-7-6-10(17-12)8-11(15)13(16)9-4-2-1-3-5-9/h6-7,9,11,13,15-16H,1-5,8H2. The molecule has 0 radical (unpaired) electrons. The van der Waals surface area contributed by atoms with Crippen LogP contribution in [0.5, 0.6) is 0 Å². The number of rotatable bonds is 4. The van der Waals surface area contributed by atoms with Gasteiger partial charge in [0.25, 0.3) is 0 Å². The van der Waals surface area contributed by atoms with Crippen LogP contribution >= 0.6 is 27.3 Å². The Morgan fingerprint density at radius 3 is 2.53 bits per heavy atom. The molecule has 2 atom stereocenters. The van der Waals surface area contributed by atoms with Crippen LogP contribution in [0, 0.1) is 5.92 Å². The lowest BCUT2D eigenvalue weighted by Gasteiger charge is -2.29. The molecule has 2 rings (SSSR count). The predicted octanol–water partition coefficient (Wildman–Crippen LogP) is 3.36. The molecule has 2 unspecified atom stereocenters. The molecule has 0 amide bonds. The number of halogens is 1. The van der Waals surface area contributed by atoms with E-state index in [-0.39, 0.29) is 0 Å². The van der Waals surface area contributed by atoms with Crippen LogP contribution in [0.1, 0.15) is 37.0 Å². The molecule has 1 heterocycles. The average molecular weight is 319 g/mol. The molecule has 0 bridgehead atoms. The predicted molar refractivity (Wildman–Crippen MR) is 74.3 cm³/mol. The maximum Gasteiger partial charge on any atom is 0.0849 e. The van der Waals surface area contributed by atoms with E-state index in [9.17, 15) is 10.2 Å². The topological polar surface area (TPSA) is 40.5 Å². The molecule has 0 aromatic carbocycles. The Labute approximate surface area is 115 Å². The summed E-state index contributed by atoms with van der Waals surface area (Å²) in [4.78, 5) is 1.12. The van der Waals surface area contributed by atoms with Crippen LogP contribution in [0.15, 0.2) is 15.9 Å².